The van der Waals surface area contributed by atoms with Crippen molar-refractivity contribution < 1.29 is 18.0 Å². The van der Waals surface area contributed by atoms with Gasteiger partial charge in [0.15, 0.2) is 0 Å². The molecular weight excluding hydrogens is 328 g/mol. The summed E-state index contributed by atoms with van der Waals surface area (Å²) < 4.78 is 35.9. The second-order valence-corrected chi connectivity index (χ2v) is 7.47. The van der Waals surface area contributed by atoms with Crippen molar-refractivity contribution in [2.75, 3.05) is 26.2 Å². The maximum Gasteiger partial charge on any atom is 0.401 e. The van der Waals surface area contributed by atoms with Gasteiger partial charge < -0.3 is 5.32 Å². The largest absolute Gasteiger partial charge is 0.401 e. The van der Waals surface area contributed by atoms with E-state index in [2.05, 4.69) is 5.32 Å². The third-order valence-electron chi connectivity index (χ3n) is 4.10. The fraction of sp³-hybridized carbons (Fsp3) is 0.923. The van der Waals surface area contributed by atoms with Crippen LogP contribution in [0.25, 0.3) is 0 Å². The number of nitrogens with zero attached hydrogens (tertiary/aromatic N) is 1. The van der Waals surface area contributed by atoms with Gasteiger partial charge in [0.1, 0.15) is 4.33 Å². The molecule has 3 nitrogen and oxygen atoms in total. The molecule has 0 aromatic heterocycles. The maximum atomic E-state index is 12.3. The number of hydrogen-bond donors (Lipinski definition) is 1. The summed E-state index contributed by atoms with van der Waals surface area (Å²) in [5, 5.41) is 2.80. The molecule has 1 aliphatic carbocycles. The van der Waals surface area contributed by atoms with Gasteiger partial charge in [-0.3, -0.25) is 9.69 Å². The van der Waals surface area contributed by atoms with Gasteiger partial charge in [0.25, 0.3) is 0 Å². The number of piperidine rings is 1. The van der Waals surface area contributed by atoms with Gasteiger partial charge in [0.2, 0.25) is 5.91 Å². The standard InChI is InChI=1S/C13H19Cl2F3N2O/c14-12(15)7-10(12)11(21)19-4-1-9-2-5-20(6-3-9)8-13(16,17)18/h9-10H,1-8H2,(H,19,21)/t10-/m0/s1. The zero-order chi connectivity index (χ0) is 15.7. The first-order valence-corrected chi connectivity index (χ1v) is 7.87. The first-order chi connectivity index (χ1) is 9.67. The molecule has 0 unspecified atom stereocenters. The van der Waals surface area contributed by atoms with E-state index < -0.39 is 17.1 Å². The van der Waals surface area contributed by atoms with E-state index in [1.54, 1.807) is 0 Å². The first kappa shape index (κ1) is 17.2. The summed E-state index contributed by atoms with van der Waals surface area (Å²) in [5.74, 6) is -0.0882. The van der Waals surface area contributed by atoms with Crippen LogP contribution in [0.1, 0.15) is 25.7 Å². The maximum absolute atomic E-state index is 12.3. The smallest absolute Gasteiger partial charge is 0.356 e. The molecule has 0 bridgehead atoms. The van der Waals surface area contributed by atoms with Crippen molar-refractivity contribution in [2.24, 2.45) is 11.8 Å². The number of carbonyl (C=O) groups is 1. The van der Waals surface area contributed by atoms with Crippen molar-refractivity contribution in [3.05, 3.63) is 0 Å². The van der Waals surface area contributed by atoms with Crippen molar-refractivity contribution >= 4 is 29.1 Å². The van der Waals surface area contributed by atoms with Crippen molar-refractivity contribution in [1.82, 2.24) is 10.2 Å². The number of carbonyl (C=O) groups excluding carboxylic acids is 1. The summed E-state index contributed by atoms with van der Waals surface area (Å²) in [7, 11) is 0. The molecule has 122 valence electrons. The molecule has 1 amide bonds. The summed E-state index contributed by atoms with van der Waals surface area (Å²) in [6.45, 7) is 0.634. The minimum absolute atomic E-state index is 0.130. The molecule has 8 heteroatoms. The van der Waals surface area contributed by atoms with Gasteiger partial charge in [-0.1, -0.05) is 0 Å². The fourth-order valence-corrected chi connectivity index (χ4v) is 3.21. The molecule has 0 aromatic carbocycles. The molecule has 21 heavy (non-hydrogen) atoms. The Morgan fingerprint density at radius 1 is 1.29 bits per heavy atom. The lowest BCUT2D eigenvalue weighted by Crippen LogP contribution is -2.40. The van der Waals surface area contributed by atoms with Crippen molar-refractivity contribution in [1.29, 1.82) is 0 Å². The third-order valence-corrected chi connectivity index (χ3v) is 4.94. The monoisotopic (exact) mass is 346 g/mol. The number of likely N-dealkylation sites (tertiary alicyclic amines) is 1. The predicted molar refractivity (Wildman–Crippen MR) is 75.4 cm³/mol. The van der Waals surface area contributed by atoms with Gasteiger partial charge in [-0.05, 0) is 44.7 Å². The van der Waals surface area contributed by atoms with Crippen LogP contribution in [0, 0.1) is 11.8 Å². The molecule has 1 N–H and O–H groups in total. The van der Waals surface area contributed by atoms with Crippen molar-refractivity contribution in [3.63, 3.8) is 0 Å². The molecule has 2 rings (SSSR count). The number of amides is 1. The average Bonchev–Trinajstić information content (AvgIpc) is 2.99. The summed E-state index contributed by atoms with van der Waals surface area (Å²) in [4.78, 5) is 13.1. The van der Waals surface area contributed by atoms with Gasteiger partial charge in [0, 0.05) is 6.54 Å². The molecule has 0 spiro atoms. The number of hydrogen-bond acceptors (Lipinski definition) is 2. The van der Waals surface area contributed by atoms with E-state index in [4.69, 9.17) is 23.2 Å². The molecule has 2 aliphatic rings. The van der Waals surface area contributed by atoms with Crippen LogP contribution in [0.2, 0.25) is 0 Å². The Morgan fingerprint density at radius 2 is 1.86 bits per heavy atom. The van der Waals surface area contributed by atoms with E-state index in [9.17, 15) is 18.0 Å². The molecule has 0 radical (unpaired) electrons. The summed E-state index contributed by atoms with van der Waals surface area (Å²) in [6, 6.07) is 0. The van der Waals surface area contributed by atoms with E-state index in [1.807, 2.05) is 0 Å². The average molecular weight is 347 g/mol. The van der Waals surface area contributed by atoms with Crippen LogP contribution in [0.15, 0.2) is 0 Å². The van der Waals surface area contributed by atoms with Crippen molar-refractivity contribution in [2.45, 2.75) is 36.2 Å². The summed E-state index contributed by atoms with van der Waals surface area (Å²) >= 11 is 11.6. The number of alkyl halides is 5. The fourth-order valence-electron chi connectivity index (χ4n) is 2.71. The number of nitrogens with one attached hydrogen (secondary N) is 1. The van der Waals surface area contributed by atoms with Crippen LogP contribution in [-0.4, -0.2) is 47.5 Å². The van der Waals surface area contributed by atoms with Crippen LogP contribution in [0.4, 0.5) is 13.2 Å². The van der Waals surface area contributed by atoms with Gasteiger partial charge in [-0.15, -0.1) is 23.2 Å². The molecule has 1 aliphatic heterocycles. The van der Waals surface area contributed by atoms with E-state index in [-0.39, 0.29) is 11.8 Å². The van der Waals surface area contributed by atoms with Crippen molar-refractivity contribution in [3.8, 4) is 0 Å². The Bertz CT molecular complexity index is 382. The zero-order valence-electron chi connectivity index (χ0n) is 11.6. The van der Waals surface area contributed by atoms with Crippen LogP contribution in [0.3, 0.4) is 0 Å². The summed E-state index contributed by atoms with van der Waals surface area (Å²) in [5.41, 5.74) is 0. The topological polar surface area (TPSA) is 32.3 Å². The lowest BCUT2D eigenvalue weighted by Gasteiger charge is -2.32. The van der Waals surface area contributed by atoms with E-state index in [1.165, 1.54) is 4.90 Å². The minimum atomic E-state index is -4.12. The molecule has 1 heterocycles. The number of halogens is 5. The molecule has 1 saturated heterocycles. The lowest BCUT2D eigenvalue weighted by molar-refractivity contribution is -0.148. The second kappa shape index (κ2) is 6.50. The van der Waals surface area contributed by atoms with E-state index in [0.29, 0.717) is 32.0 Å². The highest BCUT2D eigenvalue weighted by molar-refractivity contribution is 6.52. The first-order valence-electron chi connectivity index (χ1n) is 7.12. The Morgan fingerprint density at radius 3 is 2.33 bits per heavy atom. The van der Waals surface area contributed by atoms with Crippen LogP contribution < -0.4 is 5.32 Å². The highest BCUT2D eigenvalue weighted by atomic mass is 35.5. The predicted octanol–water partition coefficient (Wildman–Crippen LogP) is 2.96. The van der Waals surface area contributed by atoms with E-state index in [0.717, 1.165) is 19.3 Å². The quantitative estimate of drug-likeness (QED) is 0.776. The molecule has 1 saturated carbocycles. The van der Waals surface area contributed by atoms with Crippen LogP contribution in [-0.2, 0) is 4.79 Å². The molecule has 1 atom stereocenters. The minimum Gasteiger partial charge on any atom is -0.356 e. The highest BCUT2D eigenvalue weighted by Crippen LogP contribution is 2.53. The summed E-state index contributed by atoms with van der Waals surface area (Å²) in [6.07, 6.45) is -1.37. The van der Waals surface area contributed by atoms with Crippen LogP contribution in [0.5, 0.6) is 0 Å². The Kier molecular flexibility index (Phi) is 5.31. The van der Waals surface area contributed by atoms with Gasteiger partial charge in [0.05, 0.1) is 12.5 Å². The molecule has 0 aromatic rings. The third kappa shape index (κ3) is 5.49. The lowest BCUT2D eigenvalue weighted by atomic mass is 9.93. The highest BCUT2D eigenvalue weighted by Gasteiger charge is 2.56. The molecular formula is C13H19Cl2F3N2O. The Labute approximate surface area is 132 Å². The Balaban J connectivity index is 1.58. The second-order valence-electron chi connectivity index (χ2n) is 5.93. The number of rotatable bonds is 5. The zero-order valence-corrected chi connectivity index (χ0v) is 13.1. The SMILES string of the molecule is O=C(NCCC1CCN(CC(F)(F)F)CC1)[C@@H]1CC1(Cl)Cl. The van der Waals surface area contributed by atoms with Gasteiger partial charge >= 0.3 is 6.18 Å². The normalized spacial score (nSPS) is 26.6. The molecule has 2 fully saturated rings. The van der Waals surface area contributed by atoms with Crippen LogP contribution >= 0.6 is 23.2 Å². The van der Waals surface area contributed by atoms with Gasteiger partial charge in [-0.2, -0.15) is 13.2 Å². The van der Waals surface area contributed by atoms with E-state index >= 15 is 0 Å². The van der Waals surface area contributed by atoms with Gasteiger partial charge in [-0.25, -0.2) is 0 Å². The Hall–Kier alpha value is -0.200.